The lowest BCUT2D eigenvalue weighted by atomic mass is 10.0. The number of aryl methyl sites for hydroxylation is 1. The zero-order chi connectivity index (χ0) is 15.7. The molecule has 0 unspecified atom stereocenters. The highest BCUT2D eigenvalue weighted by Crippen LogP contribution is 2.29. The first-order valence-corrected chi connectivity index (χ1v) is 6.77. The molecule has 0 aliphatic heterocycles. The Morgan fingerprint density at radius 3 is 2.68 bits per heavy atom. The van der Waals surface area contributed by atoms with Crippen LogP contribution in [0.15, 0.2) is 42.7 Å². The van der Waals surface area contributed by atoms with Crippen molar-refractivity contribution in [2.24, 2.45) is 0 Å². The topological polar surface area (TPSA) is 81.0 Å². The molecular weight excluding hydrogens is 280 g/mol. The third-order valence-corrected chi connectivity index (χ3v) is 3.56. The van der Waals surface area contributed by atoms with E-state index in [9.17, 15) is 10.1 Å². The van der Waals surface area contributed by atoms with Crippen molar-refractivity contribution in [1.29, 1.82) is 0 Å². The van der Waals surface area contributed by atoms with Gasteiger partial charge in [-0.1, -0.05) is 6.07 Å². The number of nitro groups is 1. The van der Waals surface area contributed by atoms with E-state index >= 15 is 0 Å². The van der Waals surface area contributed by atoms with Gasteiger partial charge in [0.1, 0.15) is 5.82 Å². The van der Waals surface area contributed by atoms with E-state index in [1.807, 2.05) is 19.1 Å². The summed E-state index contributed by atoms with van der Waals surface area (Å²) in [6.45, 7) is 1.92. The largest absolute Gasteiger partial charge is 0.373 e. The van der Waals surface area contributed by atoms with Gasteiger partial charge < -0.3 is 5.32 Å². The first kappa shape index (κ1) is 13.9. The van der Waals surface area contributed by atoms with Gasteiger partial charge in [0.15, 0.2) is 0 Å². The van der Waals surface area contributed by atoms with Crippen molar-refractivity contribution in [2.45, 2.75) is 6.92 Å². The van der Waals surface area contributed by atoms with Crippen LogP contribution in [0.1, 0.15) is 5.56 Å². The molecule has 3 aromatic rings. The number of hydrogen-bond donors (Lipinski definition) is 1. The third-order valence-electron chi connectivity index (χ3n) is 3.56. The van der Waals surface area contributed by atoms with Crippen molar-refractivity contribution in [1.82, 2.24) is 9.97 Å². The normalized spacial score (nSPS) is 10.6. The highest BCUT2D eigenvalue weighted by atomic mass is 16.6. The third kappa shape index (κ3) is 2.46. The second kappa shape index (κ2) is 5.40. The molecule has 0 saturated carbocycles. The smallest absolute Gasteiger partial charge is 0.270 e. The highest BCUT2D eigenvalue weighted by Gasteiger charge is 2.11. The van der Waals surface area contributed by atoms with Gasteiger partial charge >= 0.3 is 0 Å². The minimum atomic E-state index is -0.391. The molecule has 0 fully saturated rings. The fourth-order valence-corrected chi connectivity index (χ4v) is 2.34. The Morgan fingerprint density at radius 2 is 1.95 bits per heavy atom. The number of fused-ring (bicyclic) bond motifs is 1. The Morgan fingerprint density at radius 1 is 1.14 bits per heavy atom. The van der Waals surface area contributed by atoms with Crippen LogP contribution in [0.25, 0.3) is 22.0 Å². The molecule has 0 radical (unpaired) electrons. The van der Waals surface area contributed by atoms with E-state index in [0.717, 1.165) is 33.4 Å². The number of nitrogens with zero attached hydrogens (tertiary/aromatic N) is 3. The molecule has 0 amide bonds. The second-order valence-corrected chi connectivity index (χ2v) is 4.99. The van der Waals surface area contributed by atoms with Crippen molar-refractivity contribution in [3.63, 3.8) is 0 Å². The number of nitrogens with one attached hydrogen (secondary N) is 1. The number of pyridine rings is 2. The fraction of sp³-hybridized carbons (Fsp3) is 0.125. The van der Waals surface area contributed by atoms with Crippen molar-refractivity contribution >= 4 is 22.4 Å². The molecule has 6 nitrogen and oxygen atoms in total. The summed E-state index contributed by atoms with van der Waals surface area (Å²) in [4.78, 5) is 19.3. The summed E-state index contributed by atoms with van der Waals surface area (Å²) in [7, 11) is 1.80. The molecule has 2 aromatic heterocycles. The second-order valence-electron chi connectivity index (χ2n) is 4.99. The molecule has 1 N–H and O–H groups in total. The van der Waals surface area contributed by atoms with Crippen LogP contribution < -0.4 is 5.32 Å². The molecule has 3 rings (SSSR count). The van der Waals surface area contributed by atoms with E-state index in [-0.39, 0.29) is 5.69 Å². The number of benzene rings is 1. The van der Waals surface area contributed by atoms with Gasteiger partial charge in [0.05, 0.1) is 10.4 Å². The Hall–Kier alpha value is -3.02. The maximum atomic E-state index is 11.0. The number of nitro benzene ring substituents is 1. The summed E-state index contributed by atoms with van der Waals surface area (Å²) < 4.78 is 0. The lowest BCUT2D eigenvalue weighted by Crippen LogP contribution is -1.94. The molecule has 0 atom stereocenters. The number of rotatable bonds is 3. The van der Waals surface area contributed by atoms with Crippen LogP contribution in [0.4, 0.5) is 11.5 Å². The molecule has 1 aromatic carbocycles. The lowest BCUT2D eigenvalue weighted by Gasteiger charge is -2.07. The molecule has 6 heteroatoms. The van der Waals surface area contributed by atoms with Crippen molar-refractivity contribution in [3.05, 3.63) is 58.4 Å². The zero-order valence-corrected chi connectivity index (χ0v) is 12.2. The lowest BCUT2D eigenvalue weighted by molar-refractivity contribution is -0.384. The van der Waals surface area contributed by atoms with Crippen LogP contribution >= 0.6 is 0 Å². The predicted octanol–water partition coefficient (Wildman–Crippen LogP) is 3.56. The summed E-state index contributed by atoms with van der Waals surface area (Å²) in [6, 6.07) is 8.64. The van der Waals surface area contributed by atoms with Gasteiger partial charge in [-0.15, -0.1) is 0 Å². The first-order chi connectivity index (χ1) is 10.6. The minimum Gasteiger partial charge on any atom is -0.373 e. The maximum Gasteiger partial charge on any atom is 0.270 e. The number of hydrogen-bond acceptors (Lipinski definition) is 5. The van der Waals surface area contributed by atoms with Gasteiger partial charge in [0.2, 0.25) is 0 Å². The SMILES string of the molecule is CNc1cc2ncc(-c3cc([N+](=O)[O-])ccc3C)cc2cn1. The van der Waals surface area contributed by atoms with Crippen LogP contribution in [0.3, 0.4) is 0 Å². The summed E-state index contributed by atoms with van der Waals surface area (Å²) in [5.41, 5.74) is 3.51. The molecule has 22 heavy (non-hydrogen) atoms. The Kier molecular flexibility index (Phi) is 3.42. The van der Waals surface area contributed by atoms with E-state index in [2.05, 4.69) is 15.3 Å². The molecule has 110 valence electrons. The van der Waals surface area contributed by atoms with Crippen LogP contribution in [0, 0.1) is 17.0 Å². The quantitative estimate of drug-likeness (QED) is 0.590. The minimum absolute atomic E-state index is 0.0735. The van der Waals surface area contributed by atoms with E-state index < -0.39 is 4.92 Å². The average molecular weight is 294 g/mol. The monoisotopic (exact) mass is 294 g/mol. The molecule has 0 aliphatic rings. The first-order valence-electron chi connectivity index (χ1n) is 6.77. The Bertz CT molecular complexity index is 877. The molecule has 0 aliphatic carbocycles. The standard InChI is InChI=1S/C16H14N4O2/c1-10-3-4-13(20(21)22)6-14(10)11-5-12-9-19-16(17-2)7-15(12)18-8-11/h3-9H,1-2H3,(H,17,19). The van der Waals surface area contributed by atoms with E-state index in [4.69, 9.17) is 0 Å². The molecule has 0 spiro atoms. The molecule has 0 saturated heterocycles. The fourth-order valence-electron chi connectivity index (χ4n) is 2.34. The van der Waals surface area contributed by atoms with Gasteiger partial charge in [-0.25, -0.2) is 4.98 Å². The molecule has 2 heterocycles. The van der Waals surface area contributed by atoms with Gasteiger partial charge in [-0.05, 0) is 24.1 Å². The van der Waals surface area contributed by atoms with Crippen LogP contribution in [-0.2, 0) is 0 Å². The van der Waals surface area contributed by atoms with Crippen molar-refractivity contribution in [3.8, 4) is 11.1 Å². The van der Waals surface area contributed by atoms with E-state index in [1.165, 1.54) is 6.07 Å². The predicted molar refractivity (Wildman–Crippen MR) is 85.9 cm³/mol. The highest BCUT2D eigenvalue weighted by molar-refractivity contribution is 5.85. The average Bonchev–Trinajstić information content (AvgIpc) is 2.54. The van der Waals surface area contributed by atoms with Crippen molar-refractivity contribution in [2.75, 3.05) is 12.4 Å². The number of aromatic nitrogens is 2. The van der Waals surface area contributed by atoms with Crippen molar-refractivity contribution < 1.29 is 4.92 Å². The zero-order valence-electron chi connectivity index (χ0n) is 12.2. The van der Waals surface area contributed by atoms with Gasteiger partial charge in [-0.3, -0.25) is 15.1 Å². The summed E-state index contributed by atoms with van der Waals surface area (Å²) >= 11 is 0. The van der Waals surface area contributed by atoms with Crippen LogP contribution in [-0.4, -0.2) is 21.9 Å². The number of non-ortho nitro benzene ring substituents is 1. The van der Waals surface area contributed by atoms with Gasteiger partial charge in [0, 0.05) is 48.6 Å². The summed E-state index contributed by atoms with van der Waals surface area (Å²) in [5.74, 6) is 0.749. The summed E-state index contributed by atoms with van der Waals surface area (Å²) in [6.07, 6.45) is 3.47. The molecule has 0 bridgehead atoms. The number of anilines is 1. The van der Waals surface area contributed by atoms with Crippen LogP contribution in [0.2, 0.25) is 0 Å². The Balaban J connectivity index is 2.14. The van der Waals surface area contributed by atoms with Crippen LogP contribution in [0.5, 0.6) is 0 Å². The van der Waals surface area contributed by atoms with E-state index in [1.54, 1.807) is 31.6 Å². The van der Waals surface area contributed by atoms with Gasteiger partial charge in [-0.2, -0.15) is 0 Å². The Labute approximate surface area is 127 Å². The van der Waals surface area contributed by atoms with E-state index in [0.29, 0.717) is 0 Å². The summed E-state index contributed by atoms with van der Waals surface area (Å²) in [5, 5.41) is 14.8. The molecular formula is C16H14N4O2. The maximum absolute atomic E-state index is 11.0. The van der Waals surface area contributed by atoms with Gasteiger partial charge in [0.25, 0.3) is 5.69 Å².